The zero-order valence-corrected chi connectivity index (χ0v) is 13.7. The molecular weight excluding hydrogens is 282 g/mol. The van der Waals surface area contributed by atoms with Crippen molar-refractivity contribution >= 4 is 0 Å². The largest absolute Gasteiger partial charge is 0.324 e. The summed E-state index contributed by atoms with van der Waals surface area (Å²) in [6, 6.07) is 6.84. The molecule has 6 N–H and O–H groups in total. The van der Waals surface area contributed by atoms with Gasteiger partial charge in [-0.1, -0.05) is 30.4 Å². The van der Waals surface area contributed by atoms with Gasteiger partial charge in [-0.05, 0) is 72.8 Å². The highest BCUT2D eigenvalue weighted by atomic mass is 14.8. The Morgan fingerprint density at radius 1 is 1.00 bits per heavy atom. The molecule has 23 heavy (non-hydrogen) atoms. The van der Waals surface area contributed by atoms with Crippen LogP contribution in [0.3, 0.4) is 0 Å². The van der Waals surface area contributed by atoms with Gasteiger partial charge in [0.2, 0.25) is 0 Å². The van der Waals surface area contributed by atoms with E-state index in [1.54, 1.807) is 0 Å². The second-order valence-corrected chi connectivity index (χ2v) is 7.38. The lowest BCUT2D eigenvalue weighted by Crippen LogP contribution is -2.45. The van der Waals surface area contributed by atoms with Crippen molar-refractivity contribution in [2.45, 2.75) is 62.6 Å². The summed E-state index contributed by atoms with van der Waals surface area (Å²) < 4.78 is 0. The summed E-state index contributed by atoms with van der Waals surface area (Å²) >= 11 is 0. The van der Waals surface area contributed by atoms with Gasteiger partial charge in [-0.2, -0.15) is 0 Å². The molecule has 4 rings (SSSR count). The summed E-state index contributed by atoms with van der Waals surface area (Å²) in [6.07, 6.45) is 11.9. The number of hydrogen-bond acceptors (Lipinski definition) is 3. The quantitative estimate of drug-likeness (QED) is 0.746. The first kappa shape index (κ1) is 15.1. The van der Waals surface area contributed by atoms with Crippen molar-refractivity contribution < 1.29 is 0 Å². The Bertz CT molecular complexity index is 688. The molecule has 1 aromatic carbocycles. The van der Waals surface area contributed by atoms with Gasteiger partial charge in [0.05, 0.1) is 5.54 Å². The standard InChI is InChI=1S/C20H27N3/c21-18-10-2-5-13-14(18)6-1-8-16(13)20(23)12-4-7-15-17(20)9-3-11-19(15)22/h1,4,6-8,18-19H,2-3,5,9-12,21-23H2/t18-,19?,20?/m1/s1. The summed E-state index contributed by atoms with van der Waals surface area (Å²) in [4.78, 5) is 0. The van der Waals surface area contributed by atoms with Crippen molar-refractivity contribution in [1.82, 2.24) is 0 Å². The van der Waals surface area contributed by atoms with Crippen LogP contribution in [0.15, 0.2) is 41.5 Å². The molecule has 122 valence electrons. The van der Waals surface area contributed by atoms with Crippen molar-refractivity contribution in [2.75, 3.05) is 0 Å². The fourth-order valence-electron chi connectivity index (χ4n) is 4.80. The predicted octanol–water partition coefficient (Wildman–Crippen LogP) is 2.94. The first-order valence-corrected chi connectivity index (χ1v) is 8.93. The molecule has 0 saturated carbocycles. The molecule has 0 aromatic heterocycles. The van der Waals surface area contributed by atoms with E-state index in [2.05, 4.69) is 30.4 Å². The Kier molecular flexibility index (Phi) is 3.67. The van der Waals surface area contributed by atoms with Crippen LogP contribution in [-0.2, 0) is 12.0 Å². The second-order valence-electron chi connectivity index (χ2n) is 7.38. The maximum absolute atomic E-state index is 7.06. The highest BCUT2D eigenvalue weighted by Crippen LogP contribution is 2.45. The molecule has 0 spiro atoms. The lowest BCUT2D eigenvalue weighted by molar-refractivity contribution is 0.448. The number of benzene rings is 1. The summed E-state index contributed by atoms with van der Waals surface area (Å²) in [6.45, 7) is 0. The first-order valence-electron chi connectivity index (χ1n) is 8.93. The zero-order valence-electron chi connectivity index (χ0n) is 13.7. The minimum absolute atomic E-state index is 0.139. The van der Waals surface area contributed by atoms with Crippen LogP contribution in [0.1, 0.15) is 61.3 Å². The van der Waals surface area contributed by atoms with Gasteiger partial charge < -0.3 is 17.2 Å². The molecule has 3 aliphatic carbocycles. The Morgan fingerprint density at radius 2 is 1.78 bits per heavy atom. The highest BCUT2D eigenvalue weighted by Gasteiger charge is 2.39. The fourth-order valence-corrected chi connectivity index (χ4v) is 4.80. The van der Waals surface area contributed by atoms with Gasteiger partial charge in [0.15, 0.2) is 0 Å². The van der Waals surface area contributed by atoms with Crippen LogP contribution in [0, 0.1) is 0 Å². The van der Waals surface area contributed by atoms with Crippen molar-refractivity contribution in [3.8, 4) is 0 Å². The smallest absolute Gasteiger partial charge is 0.0669 e. The average molecular weight is 309 g/mol. The molecule has 0 amide bonds. The van der Waals surface area contributed by atoms with Crippen molar-refractivity contribution in [3.05, 3.63) is 58.2 Å². The van der Waals surface area contributed by atoms with E-state index in [0.717, 1.165) is 44.9 Å². The van der Waals surface area contributed by atoms with E-state index in [1.165, 1.54) is 27.8 Å². The second kappa shape index (κ2) is 5.59. The van der Waals surface area contributed by atoms with E-state index >= 15 is 0 Å². The average Bonchev–Trinajstić information content (AvgIpc) is 2.56. The molecule has 3 nitrogen and oxygen atoms in total. The van der Waals surface area contributed by atoms with E-state index in [9.17, 15) is 0 Å². The topological polar surface area (TPSA) is 78.1 Å². The van der Waals surface area contributed by atoms with Crippen LogP contribution in [0.4, 0.5) is 0 Å². The third-order valence-electron chi connectivity index (χ3n) is 6.00. The minimum Gasteiger partial charge on any atom is -0.324 e. The van der Waals surface area contributed by atoms with Crippen molar-refractivity contribution in [2.24, 2.45) is 17.2 Å². The number of fused-ring (bicyclic) bond motifs is 1. The summed E-state index contributed by atoms with van der Waals surface area (Å²) in [5, 5.41) is 0. The van der Waals surface area contributed by atoms with E-state index in [1.807, 2.05) is 0 Å². The molecule has 3 aliphatic rings. The first-order chi connectivity index (χ1) is 11.1. The summed E-state index contributed by atoms with van der Waals surface area (Å²) in [7, 11) is 0. The van der Waals surface area contributed by atoms with Gasteiger partial charge in [0, 0.05) is 12.1 Å². The van der Waals surface area contributed by atoms with Crippen LogP contribution in [-0.4, -0.2) is 6.04 Å². The minimum atomic E-state index is -0.398. The highest BCUT2D eigenvalue weighted by molar-refractivity contribution is 5.52. The van der Waals surface area contributed by atoms with Crippen molar-refractivity contribution in [1.29, 1.82) is 0 Å². The van der Waals surface area contributed by atoms with Gasteiger partial charge in [0.25, 0.3) is 0 Å². The summed E-state index contributed by atoms with van der Waals surface area (Å²) in [5.74, 6) is 0. The van der Waals surface area contributed by atoms with Crippen LogP contribution >= 0.6 is 0 Å². The molecule has 3 atom stereocenters. The lowest BCUT2D eigenvalue weighted by atomic mass is 9.67. The van der Waals surface area contributed by atoms with Crippen LogP contribution in [0.2, 0.25) is 0 Å². The Morgan fingerprint density at radius 3 is 2.65 bits per heavy atom. The Balaban J connectivity index is 1.87. The van der Waals surface area contributed by atoms with Gasteiger partial charge in [0.1, 0.15) is 0 Å². The van der Waals surface area contributed by atoms with Crippen molar-refractivity contribution in [3.63, 3.8) is 0 Å². The maximum Gasteiger partial charge on any atom is 0.0669 e. The molecule has 2 unspecified atom stereocenters. The van der Waals surface area contributed by atoms with Crippen LogP contribution in [0.25, 0.3) is 0 Å². The zero-order chi connectivity index (χ0) is 16.0. The Labute approximate surface area is 138 Å². The van der Waals surface area contributed by atoms with Crippen LogP contribution in [0.5, 0.6) is 0 Å². The van der Waals surface area contributed by atoms with Gasteiger partial charge in [-0.25, -0.2) is 0 Å². The lowest BCUT2D eigenvalue weighted by Gasteiger charge is -2.42. The van der Waals surface area contributed by atoms with Gasteiger partial charge in [-0.15, -0.1) is 0 Å². The molecule has 0 aliphatic heterocycles. The maximum atomic E-state index is 7.06. The number of rotatable bonds is 1. The fraction of sp³-hybridized carbons (Fsp3) is 0.500. The van der Waals surface area contributed by atoms with Crippen LogP contribution < -0.4 is 17.2 Å². The third-order valence-corrected chi connectivity index (χ3v) is 6.00. The van der Waals surface area contributed by atoms with E-state index < -0.39 is 5.54 Å². The number of hydrogen-bond donors (Lipinski definition) is 3. The van der Waals surface area contributed by atoms with Gasteiger partial charge >= 0.3 is 0 Å². The number of nitrogens with two attached hydrogens (primary N) is 3. The molecule has 0 saturated heterocycles. The molecule has 3 heteroatoms. The molecule has 0 fully saturated rings. The third kappa shape index (κ3) is 2.30. The molecule has 0 bridgehead atoms. The SMILES string of the molecule is NC1CCCC2=C1C=CCC2(N)c1cccc2c1CCC[C@H]2N. The monoisotopic (exact) mass is 309 g/mol. The molecule has 0 heterocycles. The van der Waals surface area contributed by atoms with E-state index in [0.29, 0.717) is 0 Å². The normalized spacial score (nSPS) is 33.3. The van der Waals surface area contributed by atoms with E-state index in [-0.39, 0.29) is 12.1 Å². The van der Waals surface area contributed by atoms with E-state index in [4.69, 9.17) is 17.2 Å². The van der Waals surface area contributed by atoms with Gasteiger partial charge in [-0.3, -0.25) is 0 Å². The molecule has 1 aromatic rings. The molecule has 0 radical (unpaired) electrons. The predicted molar refractivity (Wildman–Crippen MR) is 94.8 cm³/mol. The molecular formula is C20H27N3. The Hall–Kier alpha value is -1.42. The summed E-state index contributed by atoms with van der Waals surface area (Å²) in [5.41, 5.74) is 26.0.